The van der Waals surface area contributed by atoms with Crippen molar-refractivity contribution in [2.75, 3.05) is 0 Å². The number of fused-ring (bicyclic) bond motifs is 6. The minimum absolute atomic E-state index is 0.144. The Morgan fingerprint density at radius 3 is 3.12 bits per heavy atom. The van der Waals surface area contributed by atoms with Crippen LogP contribution < -0.4 is 5.32 Å². The predicted molar refractivity (Wildman–Crippen MR) is 60.9 cm³/mol. The van der Waals surface area contributed by atoms with Gasteiger partial charge in [-0.2, -0.15) is 0 Å². The van der Waals surface area contributed by atoms with Gasteiger partial charge in [-0.1, -0.05) is 0 Å². The number of rotatable bonds is 0. The van der Waals surface area contributed by atoms with E-state index >= 15 is 0 Å². The van der Waals surface area contributed by atoms with Gasteiger partial charge in [0.2, 0.25) is 0 Å². The number of hydrogen-bond donors (Lipinski definition) is 2. The summed E-state index contributed by atoms with van der Waals surface area (Å²) in [6.45, 7) is 0. The molecule has 82 valence electrons. The van der Waals surface area contributed by atoms with Gasteiger partial charge in [-0.25, -0.2) is 4.39 Å². The van der Waals surface area contributed by atoms with Gasteiger partial charge in [0, 0.05) is 35.1 Å². The average molecular weight is 216 g/mol. The number of H-pyrrole nitrogens is 1. The highest BCUT2D eigenvalue weighted by molar-refractivity contribution is 5.85. The Balaban J connectivity index is 2.03. The minimum Gasteiger partial charge on any atom is -0.358 e. The Labute approximate surface area is 92.9 Å². The molecule has 2 atom stereocenters. The van der Waals surface area contributed by atoms with Crippen molar-refractivity contribution in [2.45, 2.75) is 31.3 Å². The highest BCUT2D eigenvalue weighted by Gasteiger charge is 2.34. The highest BCUT2D eigenvalue weighted by atomic mass is 19.1. The van der Waals surface area contributed by atoms with Crippen LogP contribution in [0.15, 0.2) is 18.2 Å². The first-order valence-corrected chi connectivity index (χ1v) is 5.87. The van der Waals surface area contributed by atoms with Gasteiger partial charge in [-0.3, -0.25) is 0 Å². The van der Waals surface area contributed by atoms with E-state index in [1.54, 1.807) is 6.07 Å². The zero-order chi connectivity index (χ0) is 10.7. The molecule has 0 amide bonds. The monoisotopic (exact) mass is 216 g/mol. The molecule has 2 N–H and O–H groups in total. The Morgan fingerprint density at radius 2 is 2.19 bits per heavy atom. The van der Waals surface area contributed by atoms with Crippen LogP contribution in [0, 0.1) is 5.82 Å². The van der Waals surface area contributed by atoms with E-state index in [4.69, 9.17) is 0 Å². The number of hydrogen-bond acceptors (Lipinski definition) is 1. The first kappa shape index (κ1) is 8.76. The van der Waals surface area contributed by atoms with Gasteiger partial charge in [0.05, 0.1) is 0 Å². The van der Waals surface area contributed by atoms with E-state index in [2.05, 4.69) is 10.3 Å². The lowest BCUT2D eigenvalue weighted by Crippen LogP contribution is -2.31. The summed E-state index contributed by atoms with van der Waals surface area (Å²) < 4.78 is 13.3. The van der Waals surface area contributed by atoms with Crippen molar-refractivity contribution < 1.29 is 4.39 Å². The predicted octanol–water partition coefficient (Wildman–Crippen LogP) is 2.66. The van der Waals surface area contributed by atoms with Crippen molar-refractivity contribution in [3.05, 3.63) is 35.3 Å². The average Bonchev–Trinajstić information content (AvgIpc) is 2.81. The van der Waals surface area contributed by atoms with Gasteiger partial charge in [0.25, 0.3) is 0 Å². The maximum absolute atomic E-state index is 13.3. The normalized spacial score (nSPS) is 27.3. The maximum atomic E-state index is 13.3. The van der Waals surface area contributed by atoms with Gasteiger partial charge in [0.1, 0.15) is 5.82 Å². The molecule has 2 aliphatic heterocycles. The number of nitrogens with one attached hydrogen (secondary N) is 2. The molecule has 16 heavy (non-hydrogen) atoms. The van der Waals surface area contributed by atoms with E-state index < -0.39 is 0 Å². The van der Waals surface area contributed by atoms with E-state index in [0.717, 1.165) is 17.3 Å². The molecular weight excluding hydrogens is 203 g/mol. The van der Waals surface area contributed by atoms with Crippen LogP contribution >= 0.6 is 0 Å². The Bertz CT molecular complexity index is 573. The second-order valence-electron chi connectivity index (χ2n) is 4.90. The summed E-state index contributed by atoms with van der Waals surface area (Å²) in [5.41, 5.74) is 3.69. The lowest BCUT2D eigenvalue weighted by Gasteiger charge is -2.21. The lowest BCUT2D eigenvalue weighted by molar-refractivity contribution is 0.513. The van der Waals surface area contributed by atoms with E-state index in [0.29, 0.717) is 12.1 Å². The van der Waals surface area contributed by atoms with Crippen LogP contribution in [-0.4, -0.2) is 11.0 Å². The Morgan fingerprint density at radius 1 is 1.25 bits per heavy atom. The number of halogens is 1. The molecule has 0 spiro atoms. The maximum Gasteiger partial charge on any atom is 0.123 e. The number of aromatic amines is 1. The molecular formula is C13H13FN2. The molecule has 3 heteroatoms. The molecule has 1 fully saturated rings. The van der Waals surface area contributed by atoms with Crippen LogP contribution in [0.5, 0.6) is 0 Å². The third kappa shape index (κ3) is 1.04. The summed E-state index contributed by atoms with van der Waals surface area (Å²) >= 11 is 0. The van der Waals surface area contributed by atoms with Crippen LogP contribution in [0.3, 0.4) is 0 Å². The van der Waals surface area contributed by atoms with Crippen molar-refractivity contribution in [1.29, 1.82) is 0 Å². The first-order chi connectivity index (χ1) is 7.81. The molecule has 4 rings (SSSR count). The standard InChI is InChI=1S/C13H13FN2/c14-7-1-3-10-9(5-7)13-11-4-2-8(15-11)6-12(13)16-10/h1,3,5,8,11,15-16H,2,4,6H2/t8-,11-/m1/s1. The van der Waals surface area contributed by atoms with Crippen LogP contribution in [0.4, 0.5) is 4.39 Å². The fourth-order valence-corrected chi connectivity index (χ4v) is 3.25. The van der Waals surface area contributed by atoms with Gasteiger partial charge >= 0.3 is 0 Å². The third-order valence-corrected chi connectivity index (χ3v) is 3.92. The highest BCUT2D eigenvalue weighted by Crippen LogP contribution is 2.40. The lowest BCUT2D eigenvalue weighted by atomic mass is 9.99. The topological polar surface area (TPSA) is 27.8 Å². The van der Waals surface area contributed by atoms with Crippen molar-refractivity contribution in [1.82, 2.24) is 10.3 Å². The molecule has 1 aromatic carbocycles. The molecule has 0 radical (unpaired) electrons. The zero-order valence-corrected chi connectivity index (χ0v) is 8.89. The second-order valence-corrected chi connectivity index (χ2v) is 4.90. The molecule has 2 bridgehead atoms. The van der Waals surface area contributed by atoms with Gasteiger partial charge in [-0.05, 0) is 36.6 Å². The van der Waals surface area contributed by atoms with Crippen LogP contribution in [0.1, 0.15) is 30.1 Å². The summed E-state index contributed by atoms with van der Waals surface area (Å²) in [5.74, 6) is -0.144. The molecule has 1 aromatic heterocycles. The Kier molecular flexibility index (Phi) is 1.56. The smallest absolute Gasteiger partial charge is 0.123 e. The zero-order valence-electron chi connectivity index (χ0n) is 8.89. The van der Waals surface area contributed by atoms with Gasteiger partial charge in [-0.15, -0.1) is 0 Å². The van der Waals surface area contributed by atoms with Crippen molar-refractivity contribution in [3.63, 3.8) is 0 Å². The van der Waals surface area contributed by atoms with Gasteiger partial charge in [0.15, 0.2) is 0 Å². The molecule has 0 saturated carbocycles. The SMILES string of the molecule is Fc1ccc2[nH]c3c(c2c1)[C@H]1CC[C@H](C3)N1. The van der Waals surface area contributed by atoms with Crippen LogP contribution in [-0.2, 0) is 6.42 Å². The van der Waals surface area contributed by atoms with Crippen LogP contribution in [0.25, 0.3) is 10.9 Å². The largest absolute Gasteiger partial charge is 0.358 e. The molecule has 2 nitrogen and oxygen atoms in total. The first-order valence-electron chi connectivity index (χ1n) is 5.87. The van der Waals surface area contributed by atoms with E-state index in [-0.39, 0.29) is 5.82 Å². The molecule has 1 saturated heterocycles. The molecule has 3 heterocycles. The fraction of sp³-hybridized carbons (Fsp3) is 0.385. The summed E-state index contributed by atoms with van der Waals surface area (Å²) in [6, 6.07) is 6.08. The Hall–Kier alpha value is -1.35. The van der Waals surface area contributed by atoms with Gasteiger partial charge < -0.3 is 10.3 Å². The second kappa shape index (κ2) is 2.86. The minimum atomic E-state index is -0.144. The van der Waals surface area contributed by atoms with Crippen molar-refractivity contribution >= 4 is 10.9 Å². The van der Waals surface area contributed by atoms with Crippen molar-refractivity contribution in [2.24, 2.45) is 0 Å². The summed E-state index contributed by atoms with van der Waals surface area (Å²) in [4.78, 5) is 3.44. The van der Waals surface area contributed by atoms with Crippen molar-refractivity contribution in [3.8, 4) is 0 Å². The van der Waals surface area contributed by atoms with E-state index in [1.807, 2.05) is 6.07 Å². The quantitative estimate of drug-likeness (QED) is 0.696. The molecule has 0 aliphatic carbocycles. The molecule has 2 aliphatic rings. The summed E-state index contributed by atoms with van der Waals surface area (Å²) in [6.07, 6.45) is 3.48. The number of benzene rings is 1. The third-order valence-electron chi connectivity index (χ3n) is 3.92. The van der Waals surface area contributed by atoms with Crippen LogP contribution in [0.2, 0.25) is 0 Å². The summed E-state index contributed by atoms with van der Waals surface area (Å²) in [7, 11) is 0. The van der Waals surface area contributed by atoms with E-state index in [1.165, 1.54) is 30.2 Å². The fourth-order valence-electron chi connectivity index (χ4n) is 3.25. The summed E-state index contributed by atoms with van der Waals surface area (Å²) in [5, 5.41) is 4.66. The molecule has 2 aromatic rings. The number of aromatic nitrogens is 1. The van der Waals surface area contributed by atoms with E-state index in [9.17, 15) is 4.39 Å². The molecule has 0 unspecified atom stereocenters.